The first-order chi connectivity index (χ1) is 8.93. The molecule has 1 aromatic carbocycles. The third-order valence-corrected chi connectivity index (χ3v) is 5.29. The van der Waals surface area contributed by atoms with Crippen molar-refractivity contribution < 1.29 is 18.3 Å². The summed E-state index contributed by atoms with van der Waals surface area (Å²) in [6.07, 6.45) is 1.46. The van der Waals surface area contributed by atoms with Gasteiger partial charge in [0.05, 0.1) is 11.3 Å². The topological polar surface area (TPSA) is 74.7 Å². The maximum Gasteiger partial charge on any atom is 0.304 e. The van der Waals surface area contributed by atoms with Crippen LogP contribution in [0.25, 0.3) is 0 Å². The van der Waals surface area contributed by atoms with Gasteiger partial charge in [0, 0.05) is 12.6 Å². The predicted molar refractivity (Wildman–Crippen MR) is 70.3 cm³/mol. The highest BCUT2D eigenvalue weighted by molar-refractivity contribution is 7.89. The van der Waals surface area contributed by atoms with Crippen LogP contribution >= 0.6 is 0 Å². The molecule has 0 bridgehead atoms. The summed E-state index contributed by atoms with van der Waals surface area (Å²) in [5.74, 6) is -0.981. The zero-order valence-electron chi connectivity index (χ0n) is 10.7. The minimum Gasteiger partial charge on any atom is -0.481 e. The lowest BCUT2D eigenvalue weighted by atomic mass is 10.2. The number of carbonyl (C=O) groups is 1. The van der Waals surface area contributed by atoms with E-state index in [-0.39, 0.29) is 23.9 Å². The van der Waals surface area contributed by atoms with Crippen LogP contribution in [-0.2, 0) is 14.8 Å². The van der Waals surface area contributed by atoms with Crippen LogP contribution < -0.4 is 0 Å². The summed E-state index contributed by atoms with van der Waals surface area (Å²) in [6.45, 7) is 1.78. The number of rotatable bonds is 6. The van der Waals surface area contributed by atoms with Crippen LogP contribution in [0.3, 0.4) is 0 Å². The first-order valence-corrected chi connectivity index (χ1v) is 7.66. The van der Waals surface area contributed by atoms with Crippen LogP contribution in [0, 0.1) is 6.92 Å². The second-order valence-corrected chi connectivity index (χ2v) is 6.62. The van der Waals surface area contributed by atoms with Crippen molar-refractivity contribution in [2.45, 2.75) is 37.1 Å². The Morgan fingerprint density at radius 2 is 2.00 bits per heavy atom. The number of hydrogen-bond donors (Lipinski definition) is 1. The van der Waals surface area contributed by atoms with E-state index in [4.69, 9.17) is 5.11 Å². The predicted octanol–water partition coefficient (Wildman–Crippen LogP) is 1.62. The van der Waals surface area contributed by atoms with E-state index in [0.29, 0.717) is 5.56 Å². The quantitative estimate of drug-likeness (QED) is 0.861. The Kier molecular flexibility index (Phi) is 3.91. The maximum atomic E-state index is 12.6. The number of aliphatic carboxylic acids is 1. The summed E-state index contributed by atoms with van der Waals surface area (Å²) in [5.41, 5.74) is 0.684. The molecule has 6 heteroatoms. The molecule has 2 rings (SSSR count). The van der Waals surface area contributed by atoms with Crippen molar-refractivity contribution in [3.63, 3.8) is 0 Å². The second-order valence-electron chi connectivity index (χ2n) is 4.76. The van der Waals surface area contributed by atoms with Gasteiger partial charge in [0.1, 0.15) is 0 Å². The Hall–Kier alpha value is -1.40. The van der Waals surface area contributed by atoms with Gasteiger partial charge in [-0.3, -0.25) is 4.79 Å². The minimum atomic E-state index is -3.59. The average molecular weight is 283 g/mol. The van der Waals surface area contributed by atoms with E-state index in [1.54, 1.807) is 31.2 Å². The lowest BCUT2D eigenvalue weighted by Crippen LogP contribution is -2.35. The Morgan fingerprint density at radius 1 is 1.37 bits per heavy atom. The van der Waals surface area contributed by atoms with Gasteiger partial charge in [-0.25, -0.2) is 8.42 Å². The molecule has 1 aliphatic rings. The molecule has 1 aliphatic carbocycles. The summed E-state index contributed by atoms with van der Waals surface area (Å²) in [5, 5.41) is 8.73. The molecule has 1 aromatic rings. The molecule has 1 N–H and O–H groups in total. The molecule has 0 saturated heterocycles. The van der Waals surface area contributed by atoms with Crippen LogP contribution in [0.5, 0.6) is 0 Å². The molecule has 0 unspecified atom stereocenters. The van der Waals surface area contributed by atoms with Crippen LogP contribution in [-0.4, -0.2) is 36.4 Å². The Labute approximate surface area is 112 Å². The monoisotopic (exact) mass is 283 g/mol. The molecule has 1 fully saturated rings. The van der Waals surface area contributed by atoms with E-state index in [1.165, 1.54) is 4.31 Å². The highest BCUT2D eigenvalue weighted by Crippen LogP contribution is 2.32. The fourth-order valence-electron chi connectivity index (χ4n) is 2.04. The maximum absolute atomic E-state index is 12.6. The number of aryl methyl sites for hydroxylation is 1. The van der Waals surface area contributed by atoms with E-state index in [1.807, 2.05) is 0 Å². The summed E-state index contributed by atoms with van der Waals surface area (Å²) in [4.78, 5) is 10.9. The van der Waals surface area contributed by atoms with Gasteiger partial charge >= 0.3 is 5.97 Å². The van der Waals surface area contributed by atoms with Gasteiger partial charge in [0.2, 0.25) is 10.0 Å². The highest BCUT2D eigenvalue weighted by Gasteiger charge is 2.38. The van der Waals surface area contributed by atoms with Crippen molar-refractivity contribution in [1.29, 1.82) is 0 Å². The minimum absolute atomic E-state index is 0.0380. The van der Waals surface area contributed by atoms with Gasteiger partial charge in [0.25, 0.3) is 0 Å². The van der Waals surface area contributed by atoms with Gasteiger partial charge in [-0.15, -0.1) is 0 Å². The highest BCUT2D eigenvalue weighted by atomic mass is 32.2. The number of hydrogen-bond acceptors (Lipinski definition) is 3. The van der Waals surface area contributed by atoms with Gasteiger partial charge in [-0.1, -0.05) is 18.2 Å². The van der Waals surface area contributed by atoms with Crippen molar-refractivity contribution in [2.24, 2.45) is 0 Å². The van der Waals surface area contributed by atoms with Crippen LogP contribution in [0.2, 0.25) is 0 Å². The van der Waals surface area contributed by atoms with E-state index < -0.39 is 16.0 Å². The Morgan fingerprint density at radius 3 is 2.53 bits per heavy atom. The van der Waals surface area contributed by atoms with E-state index in [2.05, 4.69) is 0 Å². The van der Waals surface area contributed by atoms with Crippen molar-refractivity contribution in [2.75, 3.05) is 6.54 Å². The first-order valence-electron chi connectivity index (χ1n) is 6.22. The van der Waals surface area contributed by atoms with Crippen LogP contribution in [0.4, 0.5) is 0 Å². The molecule has 0 amide bonds. The Balaban J connectivity index is 2.29. The third kappa shape index (κ3) is 3.13. The SMILES string of the molecule is Cc1ccccc1S(=O)(=O)N(CCC(=O)O)C1CC1. The van der Waals surface area contributed by atoms with Gasteiger partial charge < -0.3 is 5.11 Å². The zero-order chi connectivity index (χ0) is 14.0. The Bertz CT molecular complexity index is 578. The molecular formula is C13H17NO4S. The number of nitrogens with zero attached hydrogens (tertiary/aromatic N) is 1. The van der Waals surface area contributed by atoms with Crippen molar-refractivity contribution in [3.05, 3.63) is 29.8 Å². The molecule has 0 heterocycles. The molecule has 0 spiro atoms. The fraction of sp³-hybridized carbons (Fsp3) is 0.462. The lowest BCUT2D eigenvalue weighted by Gasteiger charge is -2.22. The fourth-order valence-corrected chi connectivity index (χ4v) is 3.95. The van der Waals surface area contributed by atoms with Crippen LogP contribution in [0.1, 0.15) is 24.8 Å². The van der Waals surface area contributed by atoms with Crippen molar-refractivity contribution in [1.82, 2.24) is 4.31 Å². The van der Waals surface area contributed by atoms with Gasteiger partial charge in [-0.05, 0) is 31.4 Å². The number of benzene rings is 1. The summed E-state index contributed by atoms with van der Waals surface area (Å²) in [7, 11) is -3.59. The number of carboxylic acids is 1. The second kappa shape index (κ2) is 5.30. The number of carboxylic acid groups (broad SMARTS) is 1. The standard InChI is InChI=1S/C13H17NO4S/c1-10-4-2-3-5-12(10)19(17,18)14(11-6-7-11)9-8-13(15)16/h2-5,11H,6-9H2,1H3,(H,15,16). The smallest absolute Gasteiger partial charge is 0.304 e. The number of sulfonamides is 1. The average Bonchev–Trinajstić information content (AvgIpc) is 3.13. The molecule has 104 valence electrons. The first kappa shape index (κ1) is 14.0. The normalized spacial score (nSPS) is 15.7. The summed E-state index contributed by atoms with van der Waals surface area (Å²) < 4.78 is 26.5. The third-order valence-electron chi connectivity index (χ3n) is 3.18. The summed E-state index contributed by atoms with van der Waals surface area (Å²) in [6, 6.07) is 6.74. The van der Waals surface area contributed by atoms with Crippen LogP contribution in [0.15, 0.2) is 29.2 Å². The zero-order valence-corrected chi connectivity index (χ0v) is 11.6. The van der Waals surface area contributed by atoms with E-state index >= 15 is 0 Å². The molecule has 19 heavy (non-hydrogen) atoms. The molecule has 0 aliphatic heterocycles. The summed E-state index contributed by atoms with van der Waals surface area (Å²) >= 11 is 0. The molecule has 1 saturated carbocycles. The van der Waals surface area contributed by atoms with Crippen molar-refractivity contribution in [3.8, 4) is 0 Å². The molecular weight excluding hydrogens is 266 g/mol. The van der Waals surface area contributed by atoms with E-state index in [9.17, 15) is 13.2 Å². The van der Waals surface area contributed by atoms with Gasteiger partial charge in [0.15, 0.2) is 0 Å². The molecule has 0 aromatic heterocycles. The lowest BCUT2D eigenvalue weighted by molar-refractivity contribution is -0.137. The van der Waals surface area contributed by atoms with E-state index in [0.717, 1.165) is 12.8 Å². The van der Waals surface area contributed by atoms with Crippen molar-refractivity contribution >= 4 is 16.0 Å². The largest absolute Gasteiger partial charge is 0.481 e. The molecule has 0 atom stereocenters. The molecule has 0 radical (unpaired) electrons. The van der Waals surface area contributed by atoms with Gasteiger partial charge in [-0.2, -0.15) is 4.31 Å². The molecule has 5 nitrogen and oxygen atoms in total.